The fourth-order valence-electron chi connectivity index (χ4n) is 16.3. The summed E-state index contributed by atoms with van der Waals surface area (Å²) in [7, 11) is 0. The second-order valence-electron chi connectivity index (χ2n) is 21.9. The van der Waals surface area contributed by atoms with E-state index in [9.17, 15) is 10.5 Å². The molecule has 4 bridgehead atoms. The smallest absolute Gasteiger partial charge is 0.0995 e. The second kappa shape index (κ2) is 11.2. The van der Waals surface area contributed by atoms with Crippen LogP contribution >= 0.6 is 0 Å². The Balaban J connectivity index is 1.18. The normalized spacial score (nSPS) is 20.3. The van der Waals surface area contributed by atoms with Gasteiger partial charge in [0.2, 0.25) is 0 Å². The summed E-state index contributed by atoms with van der Waals surface area (Å²) in [5, 5.41) is 31.0. The molecular weight excluding hydrogens is 823 g/mol. The first-order chi connectivity index (χ1) is 33.2. The van der Waals surface area contributed by atoms with Gasteiger partial charge in [0.15, 0.2) is 0 Å². The summed E-state index contributed by atoms with van der Waals surface area (Å²) in [6.45, 7) is 12.2. The number of aryl methyl sites for hydroxylation is 1. The molecule has 8 aliphatic carbocycles. The standard InChI is InChI=1S/C65H41N3/c1-30-25-43-53-52-33(30)23-14-24-42(52)64(2,3)61-58(53)62(65(43,4)5)60-55-45(27-32(29-67)47-49-36-17-8-12-21-40(36)51(57(47)55)41-22-13-9-18-37(41)49)68-44-26-31(28-66)46-48-34-15-6-10-19-38(34)50(39-20-11-7-16-35(39)48)56(46)54(44)59(61)63(60)68/h6-27,48-51H,1-5H3. The average molecular weight is 864 g/mol. The van der Waals surface area contributed by atoms with E-state index in [-0.39, 0.29) is 34.5 Å². The maximum Gasteiger partial charge on any atom is 0.0995 e. The van der Waals surface area contributed by atoms with E-state index in [1.807, 2.05) is 0 Å². The van der Waals surface area contributed by atoms with Crippen molar-refractivity contribution in [1.82, 2.24) is 4.40 Å². The Morgan fingerprint density at radius 3 is 1.24 bits per heavy atom. The summed E-state index contributed by atoms with van der Waals surface area (Å²) < 4.78 is 2.56. The van der Waals surface area contributed by atoms with Crippen LogP contribution in [0.15, 0.2) is 133 Å². The Morgan fingerprint density at radius 2 is 0.824 bits per heavy atom. The average Bonchev–Trinajstić information content (AvgIpc) is 3.96. The van der Waals surface area contributed by atoms with Crippen molar-refractivity contribution in [3.05, 3.63) is 239 Å². The van der Waals surface area contributed by atoms with Crippen molar-refractivity contribution >= 4 is 48.9 Å². The van der Waals surface area contributed by atoms with Gasteiger partial charge in [-0.3, -0.25) is 0 Å². The van der Waals surface area contributed by atoms with Crippen LogP contribution in [0.4, 0.5) is 0 Å². The van der Waals surface area contributed by atoms with Crippen molar-refractivity contribution in [1.29, 1.82) is 10.5 Å². The van der Waals surface area contributed by atoms with Crippen LogP contribution in [-0.2, 0) is 10.8 Å². The Bertz CT molecular complexity index is 4350. The quantitative estimate of drug-likeness (QED) is 0.152. The third-order valence-electron chi connectivity index (χ3n) is 18.5. The minimum atomic E-state index is -0.382. The summed E-state index contributed by atoms with van der Waals surface area (Å²) in [5.41, 5.74) is 29.4. The van der Waals surface area contributed by atoms with E-state index in [0.717, 1.165) is 27.7 Å². The van der Waals surface area contributed by atoms with E-state index < -0.39 is 0 Å². The van der Waals surface area contributed by atoms with Gasteiger partial charge in [-0.2, -0.15) is 10.5 Å². The number of hydrogen-bond donors (Lipinski definition) is 0. The monoisotopic (exact) mass is 863 g/mol. The van der Waals surface area contributed by atoms with Crippen LogP contribution in [-0.4, -0.2) is 4.40 Å². The molecule has 0 radical (unpaired) electrons. The summed E-state index contributed by atoms with van der Waals surface area (Å²) in [5.74, 6) is -0.182. The van der Waals surface area contributed by atoms with Crippen LogP contribution in [0.5, 0.6) is 0 Å². The molecular formula is C65H41N3. The van der Waals surface area contributed by atoms with Crippen LogP contribution in [0, 0.1) is 29.6 Å². The number of hydrogen-bond acceptors (Lipinski definition) is 2. The predicted octanol–water partition coefficient (Wildman–Crippen LogP) is 15.0. The van der Waals surface area contributed by atoms with Crippen LogP contribution < -0.4 is 0 Å². The lowest BCUT2D eigenvalue weighted by atomic mass is 9.59. The zero-order chi connectivity index (χ0) is 45.2. The maximum atomic E-state index is 11.5. The predicted molar refractivity (Wildman–Crippen MR) is 272 cm³/mol. The number of fused-ring (bicyclic) bond motifs is 8. The number of benzene rings is 9. The highest BCUT2D eigenvalue weighted by Gasteiger charge is 2.52. The van der Waals surface area contributed by atoms with Gasteiger partial charge in [0.25, 0.3) is 0 Å². The van der Waals surface area contributed by atoms with Crippen LogP contribution in [0.1, 0.15) is 157 Å². The Morgan fingerprint density at radius 1 is 0.426 bits per heavy atom. The maximum absolute atomic E-state index is 11.5. The van der Waals surface area contributed by atoms with E-state index in [1.165, 1.54) is 138 Å². The van der Waals surface area contributed by atoms with Crippen molar-refractivity contribution in [3.63, 3.8) is 0 Å². The third-order valence-corrected chi connectivity index (χ3v) is 18.5. The molecule has 2 aromatic heterocycles. The zero-order valence-electron chi connectivity index (χ0n) is 38.4. The van der Waals surface area contributed by atoms with Crippen molar-refractivity contribution in [2.45, 2.75) is 69.1 Å². The number of aromatic nitrogens is 1. The van der Waals surface area contributed by atoms with Gasteiger partial charge in [0.1, 0.15) is 0 Å². The van der Waals surface area contributed by atoms with Gasteiger partial charge in [0.05, 0.1) is 39.8 Å². The lowest BCUT2D eigenvalue weighted by molar-refractivity contribution is 0.647. The first-order valence-electron chi connectivity index (χ1n) is 24.4. The van der Waals surface area contributed by atoms with E-state index in [2.05, 4.69) is 185 Å². The topological polar surface area (TPSA) is 52.0 Å². The number of nitriles is 2. The minimum absolute atomic E-state index is 0.0391. The van der Waals surface area contributed by atoms with E-state index in [0.29, 0.717) is 0 Å². The van der Waals surface area contributed by atoms with Gasteiger partial charge in [-0.05, 0) is 136 Å². The summed E-state index contributed by atoms with van der Waals surface area (Å²) in [4.78, 5) is 0. The molecule has 0 saturated carbocycles. The van der Waals surface area contributed by atoms with Gasteiger partial charge in [0, 0.05) is 56.0 Å². The highest BCUT2D eigenvalue weighted by Crippen LogP contribution is 2.68. The van der Waals surface area contributed by atoms with E-state index in [4.69, 9.17) is 0 Å². The Hall–Kier alpha value is -7.98. The Labute approximate surface area is 393 Å². The fraction of sp³-hybridized carbons (Fsp3) is 0.169. The Kier molecular flexibility index (Phi) is 5.97. The lowest BCUT2D eigenvalue weighted by Gasteiger charge is -2.43. The van der Waals surface area contributed by atoms with E-state index >= 15 is 0 Å². The van der Waals surface area contributed by atoms with Crippen LogP contribution in [0.2, 0.25) is 0 Å². The fourth-order valence-corrected chi connectivity index (χ4v) is 16.3. The van der Waals surface area contributed by atoms with Crippen LogP contribution in [0.3, 0.4) is 0 Å². The van der Waals surface area contributed by atoms with Crippen molar-refractivity contribution in [2.75, 3.05) is 0 Å². The van der Waals surface area contributed by atoms with Crippen molar-refractivity contribution < 1.29 is 0 Å². The highest BCUT2D eigenvalue weighted by molar-refractivity contribution is 6.32. The molecule has 2 heterocycles. The molecule has 0 amide bonds. The lowest BCUT2D eigenvalue weighted by Crippen LogP contribution is -2.29. The molecule has 3 heteroatoms. The molecule has 9 aromatic carbocycles. The van der Waals surface area contributed by atoms with Gasteiger partial charge in [-0.15, -0.1) is 0 Å². The van der Waals surface area contributed by atoms with Crippen molar-refractivity contribution in [2.24, 2.45) is 0 Å². The number of rotatable bonds is 0. The van der Waals surface area contributed by atoms with E-state index in [1.54, 1.807) is 0 Å². The molecule has 0 N–H and O–H groups in total. The molecule has 68 heavy (non-hydrogen) atoms. The summed E-state index contributed by atoms with van der Waals surface area (Å²) in [6, 6.07) is 55.8. The first-order valence-corrected chi connectivity index (χ1v) is 24.4. The van der Waals surface area contributed by atoms with Crippen molar-refractivity contribution in [3.8, 4) is 23.3 Å². The van der Waals surface area contributed by atoms with Gasteiger partial charge < -0.3 is 4.40 Å². The minimum Gasteiger partial charge on any atom is -0.308 e. The van der Waals surface area contributed by atoms with Gasteiger partial charge in [-0.1, -0.05) is 149 Å². The molecule has 0 fully saturated rings. The van der Waals surface area contributed by atoms with Gasteiger partial charge in [-0.25, -0.2) is 0 Å². The largest absolute Gasteiger partial charge is 0.308 e. The second-order valence-corrected chi connectivity index (χ2v) is 21.9. The molecule has 3 nitrogen and oxygen atoms in total. The molecule has 0 atom stereocenters. The third kappa shape index (κ3) is 3.57. The molecule has 8 aliphatic rings. The molecule has 316 valence electrons. The number of nitrogens with zero attached hydrogens (tertiary/aromatic N) is 3. The molecule has 0 unspecified atom stereocenters. The SMILES string of the molecule is Cc1cc2c3c4c(cccc14)C(C)(C)c1c-3c(c3c4c5c(c(C#N)cc4n4c6cc(C#N)c7c(c6c1c34)C1c3ccccc3C7c3ccccc31)C1c3ccccc3C5c3ccccc31)C2(C)C. The van der Waals surface area contributed by atoms with Crippen LogP contribution in [0.25, 0.3) is 60.0 Å². The summed E-state index contributed by atoms with van der Waals surface area (Å²) in [6.07, 6.45) is 0. The zero-order valence-corrected chi connectivity index (χ0v) is 38.4. The highest BCUT2D eigenvalue weighted by atomic mass is 14.9. The molecule has 0 aliphatic heterocycles. The summed E-state index contributed by atoms with van der Waals surface area (Å²) >= 11 is 0. The molecule has 11 aromatic rings. The van der Waals surface area contributed by atoms with Gasteiger partial charge >= 0.3 is 0 Å². The molecule has 0 saturated heterocycles. The molecule has 19 rings (SSSR count). The molecule has 0 spiro atoms. The first kappa shape index (κ1) is 36.2.